The van der Waals surface area contributed by atoms with Crippen molar-refractivity contribution in [3.05, 3.63) is 47.4 Å². The number of hydrogen-bond donors (Lipinski definition) is 2. The molecule has 0 aliphatic carbocycles. The van der Waals surface area contributed by atoms with E-state index >= 15 is 0 Å². The summed E-state index contributed by atoms with van der Waals surface area (Å²) in [7, 11) is 0. The van der Waals surface area contributed by atoms with Crippen LogP contribution in [0.25, 0.3) is 22.4 Å². The molecule has 0 aliphatic heterocycles. The molecule has 2 heterocycles. The average molecular weight is 342 g/mol. The van der Waals surface area contributed by atoms with Gasteiger partial charge in [-0.25, -0.2) is 9.37 Å². The third kappa shape index (κ3) is 3.66. The van der Waals surface area contributed by atoms with Crippen molar-refractivity contribution in [2.45, 2.75) is 26.3 Å². The molecule has 1 atom stereocenters. The van der Waals surface area contributed by atoms with E-state index in [4.69, 9.17) is 10.3 Å². The van der Waals surface area contributed by atoms with E-state index in [0.717, 1.165) is 0 Å². The molecule has 0 bridgehead atoms. The highest BCUT2D eigenvalue weighted by atomic mass is 19.1. The van der Waals surface area contributed by atoms with Crippen LogP contribution in [0.5, 0.6) is 0 Å². The van der Waals surface area contributed by atoms with Crippen molar-refractivity contribution in [2.24, 2.45) is 5.73 Å². The van der Waals surface area contributed by atoms with E-state index in [1.807, 2.05) is 6.92 Å². The Kier molecular flexibility index (Phi) is 4.76. The predicted octanol–water partition coefficient (Wildman–Crippen LogP) is 2.80. The second kappa shape index (κ2) is 6.98. The third-order valence-corrected chi connectivity index (χ3v) is 3.89. The summed E-state index contributed by atoms with van der Waals surface area (Å²) in [5.41, 5.74) is 8.19. The minimum atomic E-state index is -0.339. The van der Waals surface area contributed by atoms with Crippen LogP contribution in [0.4, 0.5) is 4.39 Å². The SMILES string of the molecule is Cc1noc2nc(-c3ccc(F)cc3)cc(C(=O)NCCC(C)N)c12. The van der Waals surface area contributed by atoms with E-state index in [0.29, 0.717) is 40.9 Å². The number of nitrogens with zero attached hydrogens (tertiary/aromatic N) is 2. The van der Waals surface area contributed by atoms with Gasteiger partial charge in [-0.1, -0.05) is 5.16 Å². The molecular weight excluding hydrogens is 323 g/mol. The Balaban J connectivity index is 2.01. The number of nitrogens with two attached hydrogens (primary N) is 1. The summed E-state index contributed by atoms with van der Waals surface area (Å²) in [6.07, 6.45) is 0.674. The van der Waals surface area contributed by atoms with E-state index in [1.165, 1.54) is 12.1 Å². The summed E-state index contributed by atoms with van der Waals surface area (Å²) in [6.45, 7) is 4.11. The van der Waals surface area contributed by atoms with Gasteiger partial charge in [-0.3, -0.25) is 4.79 Å². The number of rotatable bonds is 5. The average Bonchev–Trinajstić information content (AvgIpc) is 2.95. The zero-order valence-corrected chi connectivity index (χ0v) is 14.0. The largest absolute Gasteiger partial charge is 0.352 e. The minimum Gasteiger partial charge on any atom is -0.352 e. The molecule has 6 nitrogen and oxygen atoms in total. The summed E-state index contributed by atoms with van der Waals surface area (Å²) in [5, 5.41) is 7.32. The first-order valence-electron chi connectivity index (χ1n) is 8.02. The molecular formula is C18H19FN4O2. The summed E-state index contributed by atoms with van der Waals surface area (Å²) in [6, 6.07) is 7.56. The number of aryl methyl sites for hydroxylation is 1. The second-order valence-electron chi connectivity index (χ2n) is 6.03. The van der Waals surface area contributed by atoms with E-state index in [2.05, 4.69) is 15.5 Å². The van der Waals surface area contributed by atoms with Crippen LogP contribution in [0.2, 0.25) is 0 Å². The quantitative estimate of drug-likeness (QED) is 0.743. The molecule has 0 saturated heterocycles. The van der Waals surface area contributed by atoms with Crippen LogP contribution in [0.1, 0.15) is 29.4 Å². The van der Waals surface area contributed by atoms with Gasteiger partial charge < -0.3 is 15.6 Å². The summed E-state index contributed by atoms with van der Waals surface area (Å²) in [4.78, 5) is 17.0. The minimum absolute atomic E-state index is 0.00450. The standard InChI is InChI=1S/C18H19FN4O2/c1-10(20)7-8-21-17(24)14-9-15(12-3-5-13(19)6-4-12)22-18-16(14)11(2)23-25-18/h3-6,9-10H,7-8,20H2,1-2H3,(H,21,24). The van der Waals surface area contributed by atoms with E-state index in [9.17, 15) is 9.18 Å². The maximum Gasteiger partial charge on any atom is 0.259 e. The van der Waals surface area contributed by atoms with Crippen LogP contribution < -0.4 is 11.1 Å². The Morgan fingerprint density at radius 2 is 2.08 bits per heavy atom. The van der Waals surface area contributed by atoms with Crippen molar-refractivity contribution in [3.63, 3.8) is 0 Å². The van der Waals surface area contributed by atoms with Gasteiger partial charge in [-0.2, -0.15) is 0 Å². The lowest BCUT2D eigenvalue weighted by Gasteiger charge is -2.09. The number of halogens is 1. The summed E-state index contributed by atoms with van der Waals surface area (Å²) in [5.74, 6) is -0.586. The van der Waals surface area contributed by atoms with Crippen LogP contribution in [0, 0.1) is 12.7 Å². The molecule has 3 N–H and O–H groups in total. The van der Waals surface area contributed by atoms with Crippen LogP contribution in [0.3, 0.4) is 0 Å². The number of benzene rings is 1. The van der Waals surface area contributed by atoms with Crippen LogP contribution >= 0.6 is 0 Å². The highest BCUT2D eigenvalue weighted by molar-refractivity contribution is 6.06. The maximum atomic E-state index is 13.1. The lowest BCUT2D eigenvalue weighted by atomic mass is 10.0. The molecule has 7 heteroatoms. The van der Waals surface area contributed by atoms with Gasteiger partial charge >= 0.3 is 0 Å². The van der Waals surface area contributed by atoms with Gasteiger partial charge in [0.25, 0.3) is 11.6 Å². The van der Waals surface area contributed by atoms with Crippen molar-refractivity contribution in [1.29, 1.82) is 0 Å². The molecule has 1 aromatic carbocycles. The fourth-order valence-electron chi connectivity index (χ4n) is 2.55. The smallest absolute Gasteiger partial charge is 0.259 e. The molecule has 0 radical (unpaired) electrons. The molecule has 0 aliphatic rings. The number of fused-ring (bicyclic) bond motifs is 1. The number of carbonyl (C=O) groups excluding carboxylic acids is 1. The normalized spacial score (nSPS) is 12.3. The van der Waals surface area contributed by atoms with Crippen molar-refractivity contribution in [1.82, 2.24) is 15.5 Å². The van der Waals surface area contributed by atoms with Crippen LogP contribution in [-0.2, 0) is 0 Å². The molecule has 0 saturated carbocycles. The Labute approximate surface area is 144 Å². The van der Waals surface area contributed by atoms with Gasteiger partial charge in [-0.15, -0.1) is 0 Å². The molecule has 0 fully saturated rings. The van der Waals surface area contributed by atoms with Crippen molar-refractivity contribution >= 4 is 17.0 Å². The molecule has 3 aromatic rings. The molecule has 3 rings (SSSR count). The maximum absolute atomic E-state index is 13.1. The zero-order chi connectivity index (χ0) is 18.0. The first kappa shape index (κ1) is 17.0. The fourth-order valence-corrected chi connectivity index (χ4v) is 2.55. The molecule has 130 valence electrons. The highest BCUT2D eigenvalue weighted by Crippen LogP contribution is 2.27. The third-order valence-electron chi connectivity index (χ3n) is 3.89. The fraction of sp³-hybridized carbons (Fsp3) is 0.278. The van der Waals surface area contributed by atoms with Gasteiger partial charge in [0.05, 0.1) is 22.3 Å². The monoisotopic (exact) mass is 342 g/mol. The molecule has 1 amide bonds. The number of amides is 1. The Morgan fingerprint density at radius 3 is 2.76 bits per heavy atom. The number of pyridine rings is 1. The molecule has 2 aromatic heterocycles. The van der Waals surface area contributed by atoms with Gasteiger partial charge in [0.15, 0.2) is 0 Å². The Hall–Kier alpha value is -2.80. The van der Waals surface area contributed by atoms with Gasteiger partial charge in [-0.05, 0) is 50.6 Å². The lowest BCUT2D eigenvalue weighted by molar-refractivity contribution is 0.0954. The van der Waals surface area contributed by atoms with Gasteiger partial charge in [0.1, 0.15) is 5.82 Å². The predicted molar refractivity (Wildman–Crippen MR) is 92.5 cm³/mol. The Bertz CT molecular complexity index is 903. The Morgan fingerprint density at radius 1 is 1.36 bits per heavy atom. The van der Waals surface area contributed by atoms with E-state index < -0.39 is 0 Å². The first-order chi connectivity index (χ1) is 12.0. The molecule has 1 unspecified atom stereocenters. The van der Waals surface area contributed by atoms with Gasteiger partial charge in [0, 0.05) is 18.2 Å². The lowest BCUT2D eigenvalue weighted by Crippen LogP contribution is -2.29. The second-order valence-corrected chi connectivity index (χ2v) is 6.03. The van der Waals surface area contributed by atoms with Crippen LogP contribution in [-0.4, -0.2) is 28.6 Å². The first-order valence-corrected chi connectivity index (χ1v) is 8.02. The van der Waals surface area contributed by atoms with Crippen LogP contribution in [0.15, 0.2) is 34.9 Å². The van der Waals surface area contributed by atoms with Gasteiger partial charge in [0.2, 0.25) is 0 Å². The number of nitrogens with one attached hydrogen (secondary N) is 1. The number of hydrogen-bond acceptors (Lipinski definition) is 5. The molecule has 0 spiro atoms. The topological polar surface area (TPSA) is 94.0 Å². The highest BCUT2D eigenvalue weighted by Gasteiger charge is 2.19. The number of aromatic nitrogens is 2. The van der Waals surface area contributed by atoms with Crippen molar-refractivity contribution in [3.8, 4) is 11.3 Å². The summed E-state index contributed by atoms with van der Waals surface area (Å²) >= 11 is 0. The zero-order valence-electron chi connectivity index (χ0n) is 14.0. The molecule has 25 heavy (non-hydrogen) atoms. The number of carbonyl (C=O) groups is 1. The van der Waals surface area contributed by atoms with Crippen molar-refractivity contribution < 1.29 is 13.7 Å². The van der Waals surface area contributed by atoms with Crippen molar-refractivity contribution in [2.75, 3.05) is 6.54 Å². The summed E-state index contributed by atoms with van der Waals surface area (Å²) < 4.78 is 18.4. The van der Waals surface area contributed by atoms with E-state index in [-0.39, 0.29) is 23.5 Å². The van der Waals surface area contributed by atoms with E-state index in [1.54, 1.807) is 25.1 Å².